The molecule has 2 rings (SSSR count). The third-order valence-electron chi connectivity index (χ3n) is 2.06. The Kier molecular flexibility index (Phi) is 3.59. The normalized spacial score (nSPS) is 9.65. The van der Waals surface area contributed by atoms with E-state index in [-0.39, 0.29) is 6.42 Å². The van der Waals surface area contributed by atoms with E-state index in [1.165, 1.54) is 0 Å². The maximum Gasteiger partial charge on any atom is 0.219 e. The van der Waals surface area contributed by atoms with Crippen LogP contribution in [0.5, 0.6) is 11.6 Å². The Hall–Kier alpha value is -2.05. The third kappa shape index (κ3) is 3.20. The lowest BCUT2D eigenvalue weighted by molar-refractivity contribution is 0.461. The molecule has 0 unspecified atom stereocenters. The van der Waals surface area contributed by atoms with Crippen LogP contribution in [0.25, 0.3) is 0 Å². The van der Waals surface area contributed by atoms with Crippen molar-refractivity contribution in [3.63, 3.8) is 0 Å². The van der Waals surface area contributed by atoms with Crippen molar-refractivity contribution in [3.05, 3.63) is 53.2 Å². The van der Waals surface area contributed by atoms with Gasteiger partial charge in [0, 0.05) is 11.1 Å². The number of nitriles is 1. The Morgan fingerprint density at radius 3 is 2.82 bits per heavy atom. The fourth-order valence-electron chi connectivity index (χ4n) is 1.35. The number of ether oxygens (including phenoxy) is 1. The number of nitrogens with zero attached hydrogens (tertiary/aromatic N) is 2. The van der Waals surface area contributed by atoms with E-state index >= 15 is 0 Å². The van der Waals surface area contributed by atoms with Gasteiger partial charge < -0.3 is 4.74 Å². The first-order chi connectivity index (χ1) is 8.28. The number of aromatic nitrogens is 1. The lowest BCUT2D eigenvalue weighted by Crippen LogP contribution is -1.92. The number of rotatable bonds is 3. The summed E-state index contributed by atoms with van der Waals surface area (Å²) in [7, 11) is 0. The minimum Gasteiger partial charge on any atom is -0.439 e. The van der Waals surface area contributed by atoms with Crippen LogP contribution in [-0.2, 0) is 6.42 Å². The molecule has 0 aliphatic rings. The zero-order chi connectivity index (χ0) is 12.1. The van der Waals surface area contributed by atoms with Crippen LogP contribution in [0.3, 0.4) is 0 Å². The van der Waals surface area contributed by atoms with Crippen LogP contribution in [0, 0.1) is 11.3 Å². The minimum atomic E-state index is 0.271. The predicted molar refractivity (Wildman–Crippen MR) is 65.1 cm³/mol. The van der Waals surface area contributed by atoms with Gasteiger partial charge in [-0.1, -0.05) is 23.7 Å². The summed E-state index contributed by atoms with van der Waals surface area (Å²) in [5.74, 6) is 1.08. The van der Waals surface area contributed by atoms with Crippen LogP contribution < -0.4 is 4.74 Å². The molecule has 0 N–H and O–H groups in total. The fraction of sp³-hybridized carbons (Fsp3) is 0.0769. The van der Waals surface area contributed by atoms with Crippen molar-refractivity contribution in [2.45, 2.75) is 6.42 Å². The molecule has 0 radical (unpaired) electrons. The summed E-state index contributed by atoms with van der Waals surface area (Å²) in [5.41, 5.74) is 0.687. The van der Waals surface area contributed by atoms with Gasteiger partial charge in [-0.15, -0.1) is 0 Å². The van der Waals surface area contributed by atoms with Crippen molar-refractivity contribution in [1.29, 1.82) is 5.26 Å². The Morgan fingerprint density at radius 2 is 2.06 bits per heavy atom. The molecule has 0 aliphatic heterocycles. The molecule has 0 bridgehead atoms. The van der Waals surface area contributed by atoms with Gasteiger partial charge >= 0.3 is 0 Å². The number of pyridine rings is 1. The summed E-state index contributed by atoms with van der Waals surface area (Å²) in [4.78, 5) is 4.20. The summed E-state index contributed by atoms with van der Waals surface area (Å²) in [5, 5.41) is 9.20. The molecule has 0 atom stereocenters. The lowest BCUT2D eigenvalue weighted by Gasteiger charge is -2.05. The molecular weight excluding hydrogens is 236 g/mol. The van der Waals surface area contributed by atoms with Crippen molar-refractivity contribution in [3.8, 4) is 17.7 Å². The summed E-state index contributed by atoms with van der Waals surface area (Å²) in [6.07, 6.45) is 0.271. The number of halogens is 1. The molecule has 3 nitrogen and oxygen atoms in total. The number of benzene rings is 1. The lowest BCUT2D eigenvalue weighted by atomic mass is 10.3. The Morgan fingerprint density at radius 1 is 1.24 bits per heavy atom. The van der Waals surface area contributed by atoms with E-state index in [1.54, 1.807) is 42.5 Å². The first kappa shape index (κ1) is 11.4. The van der Waals surface area contributed by atoms with Crippen molar-refractivity contribution in [1.82, 2.24) is 4.98 Å². The quantitative estimate of drug-likeness (QED) is 0.829. The van der Waals surface area contributed by atoms with E-state index in [4.69, 9.17) is 21.6 Å². The van der Waals surface area contributed by atoms with Gasteiger partial charge in [-0.2, -0.15) is 5.26 Å². The second-order valence-electron chi connectivity index (χ2n) is 3.36. The first-order valence-electron chi connectivity index (χ1n) is 5.04. The van der Waals surface area contributed by atoms with Crippen molar-refractivity contribution in [2.75, 3.05) is 0 Å². The van der Waals surface area contributed by atoms with Crippen molar-refractivity contribution >= 4 is 11.6 Å². The molecule has 0 saturated heterocycles. The van der Waals surface area contributed by atoms with Gasteiger partial charge in [0.25, 0.3) is 0 Å². The second-order valence-corrected chi connectivity index (χ2v) is 3.80. The average Bonchev–Trinajstić information content (AvgIpc) is 2.30. The van der Waals surface area contributed by atoms with Gasteiger partial charge in [0.15, 0.2) is 0 Å². The predicted octanol–water partition coefficient (Wildman–Crippen LogP) is 3.59. The van der Waals surface area contributed by atoms with Crippen molar-refractivity contribution in [2.24, 2.45) is 0 Å². The monoisotopic (exact) mass is 244 g/mol. The summed E-state index contributed by atoms with van der Waals surface area (Å²) in [6, 6.07) is 14.5. The molecular formula is C13H9ClN2O. The molecule has 84 valence electrons. The van der Waals surface area contributed by atoms with Gasteiger partial charge in [-0.3, -0.25) is 0 Å². The third-order valence-corrected chi connectivity index (χ3v) is 2.29. The zero-order valence-electron chi connectivity index (χ0n) is 8.93. The fourth-order valence-corrected chi connectivity index (χ4v) is 1.53. The molecule has 0 amide bonds. The molecule has 0 aliphatic carbocycles. The van der Waals surface area contributed by atoms with Crippen LogP contribution in [0.1, 0.15) is 5.69 Å². The summed E-state index contributed by atoms with van der Waals surface area (Å²) < 4.78 is 5.54. The summed E-state index contributed by atoms with van der Waals surface area (Å²) in [6.45, 7) is 0. The Balaban J connectivity index is 2.19. The van der Waals surface area contributed by atoms with E-state index in [2.05, 4.69) is 4.98 Å². The van der Waals surface area contributed by atoms with Gasteiger partial charge in [-0.25, -0.2) is 4.98 Å². The molecule has 1 aromatic heterocycles. The van der Waals surface area contributed by atoms with E-state index < -0.39 is 0 Å². The van der Waals surface area contributed by atoms with Gasteiger partial charge in [0.1, 0.15) is 5.75 Å². The molecule has 17 heavy (non-hydrogen) atoms. The number of hydrogen-bond acceptors (Lipinski definition) is 3. The highest BCUT2D eigenvalue weighted by molar-refractivity contribution is 6.30. The molecule has 0 spiro atoms. The highest BCUT2D eigenvalue weighted by atomic mass is 35.5. The Labute approximate surface area is 104 Å². The molecule has 0 fully saturated rings. The first-order valence-corrected chi connectivity index (χ1v) is 5.42. The molecule has 1 heterocycles. The van der Waals surface area contributed by atoms with Gasteiger partial charge in [0.05, 0.1) is 18.2 Å². The van der Waals surface area contributed by atoms with Gasteiger partial charge in [0.2, 0.25) is 5.88 Å². The van der Waals surface area contributed by atoms with Crippen molar-refractivity contribution < 1.29 is 4.74 Å². The molecule has 2 aromatic rings. The second kappa shape index (κ2) is 5.33. The topological polar surface area (TPSA) is 45.9 Å². The van der Waals surface area contributed by atoms with E-state index in [0.29, 0.717) is 22.3 Å². The van der Waals surface area contributed by atoms with Gasteiger partial charge in [-0.05, 0) is 24.3 Å². The standard InChI is InChI=1S/C13H9ClN2O/c14-10-3-1-5-12(9-10)17-13-6-2-4-11(16-13)7-8-15/h1-6,9H,7H2. The van der Waals surface area contributed by atoms with Crippen LogP contribution >= 0.6 is 11.6 Å². The number of hydrogen-bond donors (Lipinski definition) is 0. The highest BCUT2D eigenvalue weighted by Gasteiger charge is 2.01. The maximum absolute atomic E-state index is 8.59. The minimum absolute atomic E-state index is 0.271. The van der Waals surface area contributed by atoms with E-state index in [1.807, 2.05) is 6.07 Å². The molecule has 1 aromatic carbocycles. The van der Waals surface area contributed by atoms with E-state index in [9.17, 15) is 0 Å². The Bertz CT molecular complexity index is 563. The maximum atomic E-state index is 8.59. The van der Waals surface area contributed by atoms with Crippen LogP contribution in [0.4, 0.5) is 0 Å². The zero-order valence-corrected chi connectivity index (χ0v) is 9.69. The summed E-state index contributed by atoms with van der Waals surface area (Å²) >= 11 is 5.85. The largest absolute Gasteiger partial charge is 0.439 e. The molecule has 4 heteroatoms. The SMILES string of the molecule is N#CCc1cccc(Oc2cccc(Cl)c2)n1. The van der Waals surface area contributed by atoms with Crippen LogP contribution in [0.15, 0.2) is 42.5 Å². The smallest absolute Gasteiger partial charge is 0.219 e. The van der Waals surface area contributed by atoms with Crippen LogP contribution in [0.2, 0.25) is 5.02 Å². The molecule has 0 saturated carbocycles. The highest BCUT2D eigenvalue weighted by Crippen LogP contribution is 2.22. The van der Waals surface area contributed by atoms with E-state index in [0.717, 1.165) is 0 Å². The average molecular weight is 245 g/mol. The van der Waals surface area contributed by atoms with Crippen LogP contribution in [-0.4, -0.2) is 4.98 Å².